The summed E-state index contributed by atoms with van der Waals surface area (Å²) in [7, 11) is 1.28. The van der Waals surface area contributed by atoms with Gasteiger partial charge in [0.2, 0.25) is 5.76 Å². The van der Waals surface area contributed by atoms with Crippen LogP contribution in [0.2, 0.25) is 0 Å². The molecule has 0 aliphatic heterocycles. The zero-order valence-electron chi connectivity index (χ0n) is 9.43. The lowest BCUT2D eigenvalue weighted by molar-refractivity contribution is 0.0567. The van der Waals surface area contributed by atoms with Crippen LogP contribution in [0.15, 0.2) is 44.0 Å². The van der Waals surface area contributed by atoms with Crippen molar-refractivity contribution in [2.75, 3.05) is 7.11 Å². The summed E-state index contributed by atoms with van der Waals surface area (Å²) in [6, 6.07) is 7.95. The zero-order valence-corrected chi connectivity index (χ0v) is 9.43. The van der Waals surface area contributed by atoms with Crippen LogP contribution < -0.4 is 5.63 Å². The standard InChI is InChI=1S/C13H8O5/c1-16-13(15)11-5-8-4-7-2-3-12(14)18-9(7)6-10(8)17-11/h2-6H,1H3. The Morgan fingerprint density at radius 3 is 2.61 bits per heavy atom. The maximum absolute atomic E-state index is 11.3. The van der Waals surface area contributed by atoms with Crippen LogP contribution in [-0.2, 0) is 4.74 Å². The van der Waals surface area contributed by atoms with Gasteiger partial charge in [-0.2, -0.15) is 0 Å². The Morgan fingerprint density at radius 1 is 1.06 bits per heavy atom. The molecule has 5 heteroatoms. The molecule has 18 heavy (non-hydrogen) atoms. The van der Waals surface area contributed by atoms with E-state index in [-0.39, 0.29) is 5.76 Å². The highest BCUT2D eigenvalue weighted by atomic mass is 16.5. The van der Waals surface area contributed by atoms with Gasteiger partial charge in [0.05, 0.1) is 7.11 Å². The fraction of sp³-hybridized carbons (Fsp3) is 0.0769. The Bertz CT molecular complexity index is 809. The second-order valence-corrected chi connectivity index (χ2v) is 3.78. The van der Waals surface area contributed by atoms with Gasteiger partial charge >= 0.3 is 11.6 Å². The van der Waals surface area contributed by atoms with Gasteiger partial charge < -0.3 is 13.6 Å². The third kappa shape index (κ3) is 1.57. The normalized spacial score (nSPS) is 10.9. The average Bonchev–Trinajstić information content (AvgIpc) is 2.77. The van der Waals surface area contributed by atoms with E-state index in [0.29, 0.717) is 11.2 Å². The first-order valence-corrected chi connectivity index (χ1v) is 5.23. The van der Waals surface area contributed by atoms with Crippen LogP contribution in [0.25, 0.3) is 21.9 Å². The Morgan fingerprint density at radius 2 is 1.83 bits per heavy atom. The zero-order chi connectivity index (χ0) is 12.7. The molecule has 2 aromatic heterocycles. The van der Waals surface area contributed by atoms with Crippen molar-refractivity contribution in [3.63, 3.8) is 0 Å². The predicted molar refractivity (Wildman–Crippen MR) is 63.6 cm³/mol. The molecule has 5 nitrogen and oxygen atoms in total. The topological polar surface area (TPSA) is 69.7 Å². The Balaban J connectivity index is 2.30. The summed E-state index contributed by atoms with van der Waals surface area (Å²) in [5, 5.41) is 1.51. The second-order valence-electron chi connectivity index (χ2n) is 3.78. The maximum Gasteiger partial charge on any atom is 0.373 e. The molecule has 0 N–H and O–H groups in total. The highest BCUT2D eigenvalue weighted by Crippen LogP contribution is 2.25. The van der Waals surface area contributed by atoms with Crippen LogP contribution in [0.1, 0.15) is 10.6 Å². The van der Waals surface area contributed by atoms with Gasteiger partial charge in [0, 0.05) is 22.9 Å². The van der Waals surface area contributed by atoms with Gasteiger partial charge in [0.15, 0.2) is 0 Å². The monoisotopic (exact) mass is 244 g/mol. The highest BCUT2D eigenvalue weighted by Gasteiger charge is 2.13. The Kier molecular flexibility index (Phi) is 2.19. The number of esters is 1. The van der Waals surface area contributed by atoms with E-state index >= 15 is 0 Å². The summed E-state index contributed by atoms with van der Waals surface area (Å²) < 4.78 is 14.9. The van der Waals surface area contributed by atoms with E-state index in [1.807, 2.05) is 0 Å². The van der Waals surface area contributed by atoms with E-state index in [1.54, 1.807) is 24.3 Å². The van der Waals surface area contributed by atoms with Gasteiger partial charge in [-0.15, -0.1) is 0 Å². The van der Waals surface area contributed by atoms with Crippen molar-refractivity contribution in [3.05, 3.63) is 46.5 Å². The van der Waals surface area contributed by atoms with Crippen LogP contribution in [0, 0.1) is 0 Å². The van der Waals surface area contributed by atoms with Crippen molar-refractivity contribution >= 4 is 27.9 Å². The van der Waals surface area contributed by atoms with Crippen molar-refractivity contribution in [1.29, 1.82) is 0 Å². The van der Waals surface area contributed by atoms with Crippen molar-refractivity contribution in [1.82, 2.24) is 0 Å². The lowest BCUT2D eigenvalue weighted by Crippen LogP contribution is -1.97. The predicted octanol–water partition coefficient (Wildman–Crippen LogP) is 2.33. The third-order valence-electron chi connectivity index (χ3n) is 2.64. The summed E-state index contributed by atoms with van der Waals surface area (Å²) in [6.07, 6.45) is 0. The van der Waals surface area contributed by atoms with Gasteiger partial charge in [-0.3, -0.25) is 0 Å². The van der Waals surface area contributed by atoms with Crippen LogP contribution in [0.4, 0.5) is 0 Å². The van der Waals surface area contributed by atoms with Gasteiger partial charge in [-0.05, 0) is 18.2 Å². The summed E-state index contributed by atoms with van der Waals surface area (Å²) in [4.78, 5) is 22.4. The molecule has 0 unspecified atom stereocenters. The molecule has 1 aromatic carbocycles. The molecule has 3 rings (SSSR count). The fourth-order valence-electron chi connectivity index (χ4n) is 1.81. The number of hydrogen-bond acceptors (Lipinski definition) is 5. The molecule has 2 heterocycles. The number of carbonyl (C=O) groups is 1. The highest BCUT2D eigenvalue weighted by molar-refractivity contribution is 5.97. The largest absolute Gasteiger partial charge is 0.463 e. The Labute approximate surface area is 101 Å². The van der Waals surface area contributed by atoms with E-state index < -0.39 is 11.6 Å². The number of hydrogen-bond donors (Lipinski definition) is 0. The Hall–Kier alpha value is -2.56. The number of ether oxygens (including phenoxy) is 1. The number of benzene rings is 1. The van der Waals surface area contributed by atoms with Crippen LogP contribution in [0.5, 0.6) is 0 Å². The summed E-state index contributed by atoms with van der Waals surface area (Å²) in [5.74, 6) is -0.429. The van der Waals surface area contributed by atoms with Gasteiger partial charge in [0.25, 0.3) is 0 Å². The molecule has 0 aliphatic rings. The van der Waals surface area contributed by atoms with Crippen LogP contribution in [0.3, 0.4) is 0 Å². The SMILES string of the molecule is COC(=O)c1cc2cc3ccc(=O)oc3cc2o1. The molecule has 0 saturated heterocycles. The molecule has 0 amide bonds. The van der Waals surface area contributed by atoms with E-state index in [2.05, 4.69) is 4.74 Å². The third-order valence-corrected chi connectivity index (χ3v) is 2.64. The van der Waals surface area contributed by atoms with Crippen LogP contribution >= 0.6 is 0 Å². The molecule has 0 aliphatic carbocycles. The number of methoxy groups -OCH3 is 1. The van der Waals surface area contributed by atoms with E-state index in [4.69, 9.17) is 8.83 Å². The first-order chi connectivity index (χ1) is 8.67. The van der Waals surface area contributed by atoms with Crippen molar-refractivity contribution in [2.45, 2.75) is 0 Å². The summed E-state index contributed by atoms with van der Waals surface area (Å²) >= 11 is 0. The van der Waals surface area contributed by atoms with Crippen molar-refractivity contribution < 1.29 is 18.4 Å². The minimum atomic E-state index is -0.545. The van der Waals surface area contributed by atoms with Crippen LogP contribution in [-0.4, -0.2) is 13.1 Å². The van der Waals surface area contributed by atoms with Gasteiger partial charge in [-0.25, -0.2) is 9.59 Å². The quantitative estimate of drug-likeness (QED) is 0.485. The van der Waals surface area contributed by atoms with E-state index in [1.165, 1.54) is 13.2 Å². The number of carbonyl (C=O) groups excluding carboxylic acids is 1. The molecule has 0 radical (unpaired) electrons. The molecule has 0 bridgehead atoms. The minimum absolute atomic E-state index is 0.116. The molecular formula is C13H8O5. The number of fused-ring (bicyclic) bond motifs is 2. The van der Waals surface area contributed by atoms with E-state index in [0.717, 1.165) is 10.8 Å². The van der Waals surface area contributed by atoms with E-state index in [9.17, 15) is 9.59 Å². The lowest BCUT2D eigenvalue weighted by atomic mass is 10.2. The van der Waals surface area contributed by atoms with Gasteiger partial charge in [-0.1, -0.05) is 0 Å². The van der Waals surface area contributed by atoms with Crippen molar-refractivity contribution in [3.8, 4) is 0 Å². The first-order valence-electron chi connectivity index (χ1n) is 5.23. The van der Waals surface area contributed by atoms with Gasteiger partial charge in [0.1, 0.15) is 11.2 Å². The second kappa shape index (κ2) is 3.73. The molecule has 90 valence electrons. The molecule has 0 spiro atoms. The number of furan rings is 1. The molecule has 3 aromatic rings. The smallest absolute Gasteiger partial charge is 0.373 e. The molecule has 0 saturated carbocycles. The maximum atomic E-state index is 11.3. The summed E-state index contributed by atoms with van der Waals surface area (Å²) in [5.41, 5.74) is 0.458. The summed E-state index contributed by atoms with van der Waals surface area (Å²) in [6.45, 7) is 0. The molecule has 0 fully saturated rings. The van der Waals surface area contributed by atoms with Crippen molar-refractivity contribution in [2.24, 2.45) is 0 Å². The average molecular weight is 244 g/mol. The molecular weight excluding hydrogens is 236 g/mol. The lowest BCUT2D eigenvalue weighted by Gasteiger charge is -1.94. The fourth-order valence-corrected chi connectivity index (χ4v) is 1.81. The first kappa shape index (κ1) is 10.6. The number of rotatable bonds is 1. The minimum Gasteiger partial charge on any atom is -0.463 e. The molecule has 0 atom stereocenters.